The van der Waals surface area contributed by atoms with Crippen LogP contribution in [0.4, 0.5) is 0 Å². The van der Waals surface area contributed by atoms with Crippen LogP contribution in [0, 0.1) is 0 Å². The number of carboxylic acids is 3. The fourth-order valence-electron chi connectivity index (χ4n) is 5.07. The molecule has 222 valence electrons. The molecule has 0 rings (SSSR count). The number of quaternary nitrogens is 1. The molecule has 0 aromatic carbocycles. The van der Waals surface area contributed by atoms with Crippen molar-refractivity contribution in [1.29, 1.82) is 0 Å². The fraction of sp³-hybridized carbons (Fsp3) is 0.839. The summed E-state index contributed by atoms with van der Waals surface area (Å²) in [6.07, 6.45) is 27.0. The molecule has 0 aliphatic rings. The predicted octanol–water partition coefficient (Wildman–Crippen LogP) is 7.83. The van der Waals surface area contributed by atoms with Crippen LogP contribution in [0.2, 0.25) is 0 Å². The van der Waals surface area contributed by atoms with Gasteiger partial charge in [0.15, 0.2) is 0 Å². The molecular formula is C31H58NO6+. The second-order valence-corrected chi connectivity index (χ2v) is 11.0. The van der Waals surface area contributed by atoms with Gasteiger partial charge in [-0.1, -0.05) is 96.1 Å². The smallest absolute Gasteiger partial charge is 0.309 e. The molecule has 7 heteroatoms. The number of carboxylic acid groups (broad SMARTS) is 3. The van der Waals surface area contributed by atoms with Crippen molar-refractivity contribution in [2.24, 2.45) is 0 Å². The number of rotatable bonds is 29. The normalized spacial score (nSPS) is 11.8. The van der Waals surface area contributed by atoms with E-state index in [4.69, 9.17) is 15.3 Å². The largest absolute Gasteiger partial charge is 0.481 e. The average Bonchev–Trinajstić information content (AvgIpc) is 2.88. The molecule has 0 aromatic heterocycles. The Balaban J connectivity index is 3.91. The summed E-state index contributed by atoms with van der Waals surface area (Å²) < 4.78 is 0.264. The van der Waals surface area contributed by atoms with Crippen LogP contribution in [0.1, 0.15) is 142 Å². The number of nitrogens with zero attached hydrogens (tertiary/aromatic N) is 1. The van der Waals surface area contributed by atoms with Crippen molar-refractivity contribution in [3.63, 3.8) is 0 Å². The minimum Gasteiger partial charge on any atom is -0.481 e. The van der Waals surface area contributed by atoms with Crippen molar-refractivity contribution in [2.45, 2.75) is 142 Å². The van der Waals surface area contributed by atoms with Crippen LogP contribution in [0.15, 0.2) is 12.2 Å². The maximum absolute atomic E-state index is 11.1. The van der Waals surface area contributed by atoms with Crippen LogP contribution < -0.4 is 0 Å². The molecule has 0 amide bonds. The Bertz CT molecular complexity index is 588. The van der Waals surface area contributed by atoms with Crippen LogP contribution in [0.25, 0.3) is 0 Å². The number of carbonyl (C=O) groups is 3. The number of aliphatic carboxylic acids is 3. The molecule has 0 radical (unpaired) electrons. The minimum atomic E-state index is -0.932. The summed E-state index contributed by atoms with van der Waals surface area (Å²) in [6, 6.07) is 0. The summed E-state index contributed by atoms with van der Waals surface area (Å²) in [5.41, 5.74) is 0. The van der Waals surface area contributed by atoms with Gasteiger partial charge in [-0.25, -0.2) is 0 Å². The molecular weight excluding hydrogens is 482 g/mol. The van der Waals surface area contributed by atoms with E-state index >= 15 is 0 Å². The van der Waals surface area contributed by atoms with Crippen molar-refractivity contribution in [3.8, 4) is 0 Å². The van der Waals surface area contributed by atoms with Gasteiger partial charge < -0.3 is 19.8 Å². The Morgan fingerprint density at radius 2 is 0.789 bits per heavy atom. The monoisotopic (exact) mass is 540 g/mol. The first-order chi connectivity index (χ1) is 18.3. The van der Waals surface area contributed by atoms with Crippen LogP contribution in [0.5, 0.6) is 0 Å². The molecule has 0 aliphatic heterocycles. The molecule has 3 N–H and O–H groups in total. The molecule has 0 atom stereocenters. The lowest BCUT2D eigenvalue weighted by Crippen LogP contribution is -2.52. The molecule has 0 aromatic rings. The topological polar surface area (TPSA) is 112 Å². The molecule has 0 fully saturated rings. The molecule has 7 nitrogen and oxygen atoms in total. The van der Waals surface area contributed by atoms with E-state index in [9.17, 15) is 14.4 Å². The molecule has 38 heavy (non-hydrogen) atoms. The first kappa shape index (κ1) is 36.1. The van der Waals surface area contributed by atoms with Gasteiger partial charge in [0.2, 0.25) is 0 Å². The van der Waals surface area contributed by atoms with Crippen LogP contribution in [-0.4, -0.2) is 63.9 Å². The zero-order valence-corrected chi connectivity index (χ0v) is 24.3. The Morgan fingerprint density at radius 3 is 1.13 bits per heavy atom. The van der Waals surface area contributed by atoms with Crippen molar-refractivity contribution >= 4 is 17.9 Å². The lowest BCUT2D eigenvalue weighted by Gasteiger charge is -2.38. The third kappa shape index (κ3) is 24.4. The molecule has 0 bridgehead atoms. The summed E-state index contributed by atoms with van der Waals surface area (Å²) in [6.45, 7) is 3.75. The third-order valence-corrected chi connectivity index (χ3v) is 7.54. The van der Waals surface area contributed by atoms with Crippen molar-refractivity contribution in [3.05, 3.63) is 12.2 Å². The van der Waals surface area contributed by atoms with E-state index in [0.717, 1.165) is 19.3 Å². The summed E-state index contributed by atoms with van der Waals surface area (Å²) in [5, 5.41) is 27.4. The predicted molar refractivity (Wildman–Crippen MR) is 154 cm³/mol. The maximum Gasteiger partial charge on any atom is 0.309 e. The number of hydrogen-bond acceptors (Lipinski definition) is 3. The summed E-state index contributed by atoms with van der Waals surface area (Å²) >= 11 is 0. The second kappa shape index (κ2) is 25.4. The maximum atomic E-state index is 11.1. The van der Waals surface area contributed by atoms with E-state index in [1.54, 1.807) is 0 Å². The molecule has 0 aliphatic carbocycles. The van der Waals surface area contributed by atoms with E-state index in [1.165, 1.54) is 96.3 Å². The second-order valence-electron chi connectivity index (χ2n) is 11.0. The highest BCUT2D eigenvalue weighted by atomic mass is 16.4. The van der Waals surface area contributed by atoms with E-state index in [1.807, 2.05) is 0 Å². The van der Waals surface area contributed by atoms with Gasteiger partial charge in [-0.15, -0.1) is 0 Å². The summed E-state index contributed by atoms with van der Waals surface area (Å²) in [7, 11) is 0. The minimum absolute atomic E-state index is 0.0743. The molecule has 0 spiro atoms. The Hall–Kier alpha value is -1.89. The van der Waals surface area contributed by atoms with Gasteiger partial charge in [0, 0.05) is 0 Å². The van der Waals surface area contributed by atoms with Gasteiger partial charge >= 0.3 is 17.9 Å². The van der Waals surface area contributed by atoms with Crippen molar-refractivity contribution < 1.29 is 34.2 Å². The molecule has 0 unspecified atom stereocenters. The van der Waals surface area contributed by atoms with Crippen molar-refractivity contribution in [2.75, 3.05) is 26.2 Å². The Labute approximate surface area is 232 Å². The van der Waals surface area contributed by atoms with Crippen molar-refractivity contribution in [1.82, 2.24) is 0 Å². The quantitative estimate of drug-likeness (QED) is 0.0506. The van der Waals surface area contributed by atoms with E-state index in [0.29, 0.717) is 6.54 Å². The van der Waals surface area contributed by atoms with Gasteiger partial charge in [0.1, 0.15) is 0 Å². The Morgan fingerprint density at radius 1 is 0.474 bits per heavy atom. The summed E-state index contributed by atoms with van der Waals surface area (Å²) in [4.78, 5) is 33.4. The highest BCUT2D eigenvalue weighted by Crippen LogP contribution is 2.17. The lowest BCUT2D eigenvalue weighted by atomic mass is 10.0. The third-order valence-electron chi connectivity index (χ3n) is 7.54. The molecule has 0 saturated carbocycles. The average molecular weight is 541 g/mol. The standard InChI is InChI=1S/C31H57NO6/c1-2-3-4-5-6-7-8-9-10-11-12-13-14-15-16-17-18-19-20-21-25-32(26-22-29(33)34,27-23-30(35)36)28-24-31(37)38/h8-9H,2-7,10-28H2,1H3,(H2-,33,34,35,36,37,38)/p+1/b9-8+. The zero-order chi connectivity index (χ0) is 28.3. The summed E-state index contributed by atoms with van der Waals surface area (Å²) in [5.74, 6) is -2.80. The molecule has 0 heterocycles. The lowest BCUT2D eigenvalue weighted by molar-refractivity contribution is -0.927. The number of hydrogen-bond donors (Lipinski definition) is 3. The first-order valence-corrected chi connectivity index (χ1v) is 15.5. The van der Waals surface area contributed by atoms with Gasteiger partial charge in [-0.2, -0.15) is 0 Å². The highest BCUT2D eigenvalue weighted by Gasteiger charge is 2.29. The van der Waals surface area contributed by atoms with E-state index in [2.05, 4.69) is 19.1 Å². The van der Waals surface area contributed by atoms with Crippen LogP contribution in [-0.2, 0) is 14.4 Å². The first-order valence-electron chi connectivity index (χ1n) is 15.5. The van der Waals surface area contributed by atoms with Gasteiger partial charge in [-0.05, 0) is 38.5 Å². The highest BCUT2D eigenvalue weighted by molar-refractivity contribution is 5.67. The zero-order valence-electron chi connectivity index (χ0n) is 24.3. The van der Waals surface area contributed by atoms with E-state index < -0.39 is 17.9 Å². The SMILES string of the molecule is CCCCCCC/C=C/CCCCCCCCCCCCC[N+](CCC(=O)O)(CCC(=O)O)CCC(=O)O. The van der Waals surface area contributed by atoms with Crippen LogP contribution >= 0.6 is 0 Å². The van der Waals surface area contributed by atoms with Gasteiger partial charge in [0.05, 0.1) is 45.4 Å². The van der Waals surface area contributed by atoms with Gasteiger partial charge in [0.25, 0.3) is 0 Å². The Kier molecular flexibility index (Phi) is 24.1. The molecule has 0 saturated heterocycles. The van der Waals surface area contributed by atoms with Gasteiger partial charge in [-0.3, -0.25) is 14.4 Å². The van der Waals surface area contributed by atoms with Crippen LogP contribution in [0.3, 0.4) is 0 Å². The number of unbranched alkanes of at least 4 members (excludes halogenated alkanes) is 16. The number of allylic oxidation sites excluding steroid dienone is 2. The van der Waals surface area contributed by atoms with E-state index in [-0.39, 0.29) is 43.4 Å². The fourth-order valence-corrected chi connectivity index (χ4v) is 5.07.